The molecule has 1 aromatic carbocycles. The summed E-state index contributed by atoms with van der Waals surface area (Å²) in [6.45, 7) is 4.45. The molecule has 0 saturated carbocycles. The third-order valence-corrected chi connectivity index (χ3v) is 4.01. The zero-order valence-electron chi connectivity index (χ0n) is 15.0. The first-order valence-corrected chi connectivity index (χ1v) is 8.61. The van der Waals surface area contributed by atoms with Crippen LogP contribution in [-0.4, -0.2) is 43.8 Å². The predicted octanol–water partition coefficient (Wildman–Crippen LogP) is 2.02. The van der Waals surface area contributed by atoms with Gasteiger partial charge in [0.1, 0.15) is 12.1 Å². The average Bonchev–Trinajstić information content (AvgIpc) is 3.00. The molecule has 1 aromatic heterocycles. The van der Waals surface area contributed by atoms with Gasteiger partial charge in [0.2, 0.25) is 0 Å². The second-order valence-corrected chi connectivity index (χ2v) is 6.80. The fourth-order valence-electron chi connectivity index (χ4n) is 2.77. The molecule has 0 radical (unpaired) electrons. The number of aliphatic carboxylic acids is 2. The maximum atomic E-state index is 11.6. The Labute approximate surface area is 152 Å². The molecular weight excluding hydrogens is 334 g/mol. The molecule has 26 heavy (non-hydrogen) atoms. The van der Waals surface area contributed by atoms with Crippen LogP contribution in [0.5, 0.6) is 0 Å². The van der Waals surface area contributed by atoms with Crippen molar-refractivity contribution in [2.75, 3.05) is 0 Å². The highest BCUT2D eigenvalue weighted by Crippen LogP contribution is 2.10. The van der Waals surface area contributed by atoms with Crippen molar-refractivity contribution in [3.8, 4) is 0 Å². The largest absolute Gasteiger partial charge is 0.480 e. The number of nitrogens with zero attached hydrogens (tertiary/aromatic N) is 2. The van der Waals surface area contributed by atoms with Crippen LogP contribution in [0.4, 0.5) is 0 Å². The number of carboxylic acids is 2. The van der Waals surface area contributed by atoms with Gasteiger partial charge in [-0.25, -0.2) is 4.98 Å². The number of carboxylic acid groups (broad SMARTS) is 2. The molecule has 2 rings (SSSR count). The van der Waals surface area contributed by atoms with Crippen molar-refractivity contribution in [1.82, 2.24) is 14.9 Å². The summed E-state index contributed by atoms with van der Waals surface area (Å²) in [5.74, 6) is -1.99. The molecule has 0 aliphatic rings. The SMILES string of the molecule is CC(C)C[C@H](N[C@@H](Cc1cn(Cc2ccccc2)cn1)C(=O)O)C(=O)O. The third-order valence-electron chi connectivity index (χ3n) is 4.01. The minimum Gasteiger partial charge on any atom is -0.480 e. The summed E-state index contributed by atoms with van der Waals surface area (Å²) >= 11 is 0. The van der Waals surface area contributed by atoms with Crippen LogP contribution in [0.25, 0.3) is 0 Å². The molecule has 0 unspecified atom stereocenters. The highest BCUT2D eigenvalue weighted by atomic mass is 16.4. The number of aromatic nitrogens is 2. The molecule has 0 bridgehead atoms. The van der Waals surface area contributed by atoms with Gasteiger partial charge in [0, 0.05) is 19.2 Å². The van der Waals surface area contributed by atoms with E-state index in [-0.39, 0.29) is 12.3 Å². The minimum absolute atomic E-state index is 0.124. The molecule has 0 aliphatic carbocycles. The van der Waals surface area contributed by atoms with Crippen molar-refractivity contribution < 1.29 is 19.8 Å². The van der Waals surface area contributed by atoms with E-state index in [0.29, 0.717) is 18.7 Å². The molecule has 0 spiro atoms. The minimum atomic E-state index is -1.09. The highest BCUT2D eigenvalue weighted by molar-refractivity contribution is 5.77. The van der Waals surface area contributed by atoms with Gasteiger partial charge in [-0.3, -0.25) is 14.9 Å². The highest BCUT2D eigenvalue weighted by Gasteiger charge is 2.27. The van der Waals surface area contributed by atoms with Crippen LogP contribution >= 0.6 is 0 Å². The molecule has 7 heteroatoms. The molecule has 0 saturated heterocycles. The smallest absolute Gasteiger partial charge is 0.321 e. The molecule has 2 aromatic rings. The van der Waals surface area contributed by atoms with Crippen molar-refractivity contribution in [2.24, 2.45) is 5.92 Å². The lowest BCUT2D eigenvalue weighted by Crippen LogP contribution is -2.48. The van der Waals surface area contributed by atoms with Crippen molar-refractivity contribution in [3.05, 3.63) is 54.1 Å². The van der Waals surface area contributed by atoms with Crippen LogP contribution in [0.3, 0.4) is 0 Å². The average molecular weight is 359 g/mol. The summed E-state index contributed by atoms with van der Waals surface area (Å²) in [5, 5.41) is 21.5. The second kappa shape index (κ2) is 9.15. The van der Waals surface area contributed by atoms with Gasteiger partial charge in [-0.15, -0.1) is 0 Å². The van der Waals surface area contributed by atoms with E-state index in [1.165, 1.54) is 0 Å². The topological polar surface area (TPSA) is 104 Å². The van der Waals surface area contributed by atoms with Crippen molar-refractivity contribution >= 4 is 11.9 Å². The lowest BCUT2D eigenvalue weighted by atomic mass is 10.0. The van der Waals surface area contributed by atoms with E-state index >= 15 is 0 Å². The van der Waals surface area contributed by atoms with Crippen LogP contribution in [0.1, 0.15) is 31.5 Å². The maximum absolute atomic E-state index is 11.6. The van der Waals surface area contributed by atoms with Crippen molar-refractivity contribution in [3.63, 3.8) is 0 Å². The Hall–Kier alpha value is -2.67. The van der Waals surface area contributed by atoms with Gasteiger partial charge in [0.25, 0.3) is 0 Å². The molecule has 0 amide bonds. The van der Waals surface area contributed by atoms with Crippen LogP contribution in [0.15, 0.2) is 42.9 Å². The zero-order valence-corrected chi connectivity index (χ0v) is 15.0. The zero-order chi connectivity index (χ0) is 19.1. The van der Waals surface area contributed by atoms with E-state index in [0.717, 1.165) is 5.56 Å². The number of imidazole rings is 1. The van der Waals surface area contributed by atoms with Gasteiger partial charge < -0.3 is 14.8 Å². The number of hydrogen-bond donors (Lipinski definition) is 3. The summed E-state index contributed by atoms with van der Waals surface area (Å²) in [4.78, 5) is 27.2. The maximum Gasteiger partial charge on any atom is 0.321 e. The Morgan fingerprint density at radius 3 is 2.35 bits per heavy atom. The van der Waals surface area contributed by atoms with Crippen LogP contribution in [0.2, 0.25) is 0 Å². The van der Waals surface area contributed by atoms with E-state index in [2.05, 4.69) is 10.3 Å². The van der Waals surface area contributed by atoms with Gasteiger partial charge in [-0.05, 0) is 17.9 Å². The second-order valence-electron chi connectivity index (χ2n) is 6.80. The summed E-state index contributed by atoms with van der Waals surface area (Å²) < 4.78 is 1.88. The van der Waals surface area contributed by atoms with Crippen LogP contribution in [-0.2, 0) is 22.6 Å². The number of rotatable bonds is 10. The molecule has 140 valence electrons. The molecule has 3 N–H and O–H groups in total. The van der Waals surface area contributed by atoms with E-state index in [4.69, 9.17) is 0 Å². The van der Waals surface area contributed by atoms with Crippen LogP contribution < -0.4 is 5.32 Å². The van der Waals surface area contributed by atoms with Gasteiger partial charge in [0.15, 0.2) is 0 Å². The Kier molecular flexibility index (Phi) is 6.91. The molecule has 0 fully saturated rings. The Balaban J connectivity index is 2.03. The van der Waals surface area contributed by atoms with Crippen LogP contribution in [0, 0.1) is 5.92 Å². The Bertz CT molecular complexity index is 727. The third kappa shape index (κ3) is 6.00. The number of hydrogen-bond acceptors (Lipinski definition) is 4. The molecule has 2 atom stereocenters. The number of benzene rings is 1. The first kappa shape index (κ1) is 19.7. The lowest BCUT2D eigenvalue weighted by molar-refractivity contribution is -0.142. The number of carbonyl (C=O) groups is 2. The van der Waals surface area contributed by atoms with E-state index in [1.807, 2.05) is 48.7 Å². The van der Waals surface area contributed by atoms with Gasteiger partial charge >= 0.3 is 11.9 Å². The van der Waals surface area contributed by atoms with Gasteiger partial charge in [-0.1, -0.05) is 44.2 Å². The summed E-state index contributed by atoms with van der Waals surface area (Å²) in [6, 6.07) is 7.96. The van der Waals surface area contributed by atoms with Crippen molar-refractivity contribution in [1.29, 1.82) is 0 Å². The first-order chi connectivity index (χ1) is 12.3. The Morgan fingerprint density at radius 2 is 1.77 bits per heavy atom. The summed E-state index contributed by atoms with van der Waals surface area (Å²) in [6.07, 6.45) is 3.94. The first-order valence-electron chi connectivity index (χ1n) is 8.61. The molecular formula is C19H25N3O4. The molecule has 1 heterocycles. The summed E-state index contributed by atoms with van der Waals surface area (Å²) in [5.41, 5.74) is 1.72. The molecule has 0 aliphatic heterocycles. The quantitative estimate of drug-likeness (QED) is 0.599. The van der Waals surface area contributed by atoms with Gasteiger partial charge in [-0.2, -0.15) is 0 Å². The van der Waals surface area contributed by atoms with Crippen molar-refractivity contribution in [2.45, 2.75) is 45.3 Å². The van der Waals surface area contributed by atoms with E-state index < -0.39 is 24.0 Å². The number of nitrogens with one attached hydrogen (secondary N) is 1. The lowest BCUT2D eigenvalue weighted by Gasteiger charge is -2.21. The van der Waals surface area contributed by atoms with E-state index in [9.17, 15) is 19.8 Å². The summed E-state index contributed by atoms with van der Waals surface area (Å²) in [7, 11) is 0. The predicted molar refractivity (Wildman–Crippen MR) is 96.9 cm³/mol. The molecule has 7 nitrogen and oxygen atoms in total. The Morgan fingerprint density at radius 1 is 1.12 bits per heavy atom. The monoisotopic (exact) mass is 359 g/mol. The fraction of sp³-hybridized carbons (Fsp3) is 0.421. The standard InChI is InChI=1S/C19H25N3O4/c1-13(2)8-16(18(23)24)21-17(19(25)26)9-15-11-22(12-20-15)10-14-6-4-3-5-7-14/h3-7,11-13,16-17,21H,8-10H2,1-2H3,(H,23,24)(H,25,26)/t16-,17-/m0/s1. The van der Waals surface area contributed by atoms with E-state index in [1.54, 1.807) is 12.5 Å². The van der Waals surface area contributed by atoms with Gasteiger partial charge in [0.05, 0.1) is 12.0 Å². The normalized spacial score (nSPS) is 13.5. The fourth-order valence-corrected chi connectivity index (χ4v) is 2.77.